The first-order chi connectivity index (χ1) is 15.1. The lowest BCUT2D eigenvalue weighted by Gasteiger charge is -2.36. The van der Waals surface area contributed by atoms with Gasteiger partial charge in [0.15, 0.2) is 0 Å². The fourth-order valence-electron chi connectivity index (χ4n) is 4.59. The van der Waals surface area contributed by atoms with Gasteiger partial charge >= 0.3 is 6.18 Å². The molecule has 0 aliphatic carbocycles. The number of nitrogens with zero attached hydrogens (tertiary/aromatic N) is 2. The van der Waals surface area contributed by atoms with Crippen LogP contribution in [0, 0.1) is 18.7 Å². The molecule has 0 N–H and O–H groups in total. The van der Waals surface area contributed by atoms with Crippen LogP contribution in [0.5, 0.6) is 0 Å². The first-order valence-electron chi connectivity index (χ1n) is 10.7. The Hall–Kier alpha value is -2.90. The fraction of sp³-hybridized carbons (Fsp3) is 0.417. The predicted octanol–water partition coefficient (Wildman–Crippen LogP) is 4.98. The quantitative estimate of drug-likeness (QED) is 0.608. The second kappa shape index (κ2) is 8.56. The van der Waals surface area contributed by atoms with Crippen LogP contribution < -0.4 is 4.90 Å². The van der Waals surface area contributed by atoms with Crippen LogP contribution in [0.15, 0.2) is 36.4 Å². The van der Waals surface area contributed by atoms with Gasteiger partial charge in [-0.25, -0.2) is 4.39 Å². The number of hydrogen-bond donors (Lipinski definition) is 0. The number of piperidine rings is 1. The molecule has 2 aliphatic rings. The summed E-state index contributed by atoms with van der Waals surface area (Å²) in [4.78, 5) is 29.0. The van der Waals surface area contributed by atoms with Gasteiger partial charge in [0.05, 0.1) is 11.3 Å². The van der Waals surface area contributed by atoms with Crippen LogP contribution in [0.25, 0.3) is 0 Å². The Balaban J connectivity index is 1.41. The van der Waals surface area contributed by atoms with Crippen LogP contribution in [0.4, 0.5) is 23.2 Å². The number of fused-ring (bicyclic) bond motifs is 1. The minimum atomic E-state index is -4.45. The monoisotopic (exact) mass is 448 g/mol. The van der Waals surface area contributed by atoms with Gasteiger partial charge in [0.25, 0.3) is 5.91 Å². The maximum Gasteiger partial charge on any atom is 0.416 e. The molecule has 2 amide bonds. The first-order valence-corrected chi connectivity index (χ1v) is 10.7. The van der Waals surface area contributed by atoms with Gasteiger partial charge in [0, 0.05) is 31.1 Å². The molecule has 2 aliphatic heterocycles. The van der Waals surface area contributed by atoms with E-state index in [0.717, 1.165) is 36.1 Å². The maximum absolute atomic E-state index is 14.7. The zero-order valence-electron chi connectivity index (χ0n) is 17.7. The van der Waals surface area contributed by atoms with Gasteiger partial charge in [-0.3, -0.25) is 9.59 Å². The molecule has 2 aromatic carbocycles. The third-order valence-electron chi connectivity index (χ3n) is 6.24. The summed E-state index contributed by atoms with van der Waals surface area (Å²) in [5, 5.41) is 0. The van der Waals surface area contributed by atoms with Crippen molar-refractivity contribution in [2.24, 2.45) is 5.92 Å². The van der Waals surface area contributed by atoms with E-state index in [1.807, 2.05) is 13.0 Å². The Labute approximate surface area is 183 Å². The van der Waals surface area contributed by atoms with E-state index in [9.17, 15) is 27.2 Å². The molecule has 0 saturated carbocycles. The van der Waals surface area contributed by atoms with Gasteiger partial charge in [0.1, 0.15) is 5.82 Å². The molecular weight excluding hydrogens is 424 g/mol. The van der Waals surface area contributed by atoms with Gasteiger partial charge < -0.3 is 9.80 Å². The van der Waals surface area contributed by atoms with Gasteiger partial charge in [-0.05, 0) is 74.1 Å². The number of likely N-dealkylation sites (tertiary alicyclic amines) is 1. The number of aryl methyl sites for hydroxylation is 2. The van der Waals surface area contributed by atoms with E-state index in [-0.39, 0.29) is 29.1 Å². The summed E-state index contributed by atoms with van der Waals surface area (Å²) in [7, 11) is 0. The van der Waals surface area contributed by atoms with E-state index >= 15 is 0 Å². The highest BCUT2D eigenvalue weighted by Gasteiger charge is 2.35. The molecule has 170 valence electrons. The summed E-state index contributed by atoms with van der Waals surface area (Å²) in [6, 6.07) is 7.51. The van der Waals surface area contributed by atoms with E-state index in [4.69, 9.17) is 0 Å². The lowest BCUT2D eigenvalue weighted by molar-refractivity contribution is -0.137. The largest absolute Gasteiger partial charge is 0.416 e. The number of carbonyl (C=O) groups excluding carboxylic acids is 2. The standard InChI is InChI=1S/C24H24F4N2O2/c1-15-13-18-3-2-10-30(21(18)20(25)14-15)23(32)17-8-11-29(12-9-17)22(31)16-4-6-19(7-5-16)24(26,27)28/h4-7,13-14,17H,2-3,8-12H2,1H3. The Kier molecular flexibility index (Phi) is 5.97. The van der Waals surface area contributed by atoms with Crippen LogP contribution in [0.1, 0.15) is 46.3 Å². The number of alkyl halides is 3. The summed E-state index contributed by atoms with van der Waals surface area (Å²) in [6.45, 7) is 2.95. The Morgan fingerprint density at radius 3 is 2.28 bits per heavy atom. The van der Waals surface area contributed by atoms with E-state index in [0.29, 0.717) is 38.2 Å². The molecule has 0 atom stereocenters. The average Bonchev–Trinajstić information content (AvgIpc) is 2.77. The Morgan fingerprint density at radius 2 is 1.66 bits per heavy atom. The molecule has 2 aromatic rings. The summed E-state index contributed by atoms with van der Waals surface area (Å²) >= 11 is 0. The second-order valence-electron chi connectivity index (χ2n) is 8.49. The zero-order chi connectivity index (χ0) is 23.0. The molecule has 0 radical (unpaired) electrons. The third kappa shape index (κ3) is 4.36. The van der Waals surface area contributed by atoms with E-state index in [2.05, 4.69) is 0 Å². The SMILES string of the molecule is Cc1cc(F)c2c(c1)CCCN2C(=O)C1CCN(C(=O)c2ccc(C(F)(F)F)cc2)CC1. The van der Waals surface area contributed by atoms with Crippen LogP contribution >= 0.6 is 0 Å². The normalized spacial score (nSPS) is 17.3. The molecule has 0 aromatic heterocycles. The molecule has 4 nitrogen and oxygen atoms in total. The summed E-state index contributed by atoms with van der Waals surface area (Å²) in [5.74, 6) is -1.19. The third-order valence-corrected chi connectivity index (χ3v) is 6.24. The summed E-state index contributed by atoms with van der Waals surface area (Å²) < 4.78 is 52.8. The van der Waals surface area contributed by atoms with E-state index in [1.54, 1.807) is 9.80 Å². The minimum absolute atomic E-state index is 0.129. The smallest absolute Gasteiger partial charge is 0.339 e. The molecule has 1 fully saturated rings. The maximum atomic E-state index is 14.7. The van der Waals surface area contributed by atoms with Crippen molar-refractivity contribution in [2.45, 2.75) is 38.8 Å². The zero-order valence-corrected chi connectivity index (χ0v) is 17.7. The predicted molar refractivity (Wildman–Crippen MR) is 112 cm³/mol. The highest BCUT2D eigenvalue weighted by Crippen LogP contribution is 2.34. The van der Waals surface area contributed by atoms with Gasteiger partial charge in [-0.2, -0.15) is 13.2 Å². The lowest BCUT2D eigenvalue weighted by Crippen LogP contribution is -2.46. The number of amides is 2. The number of hydrogen-bond acceptors (Lipinski definition) is 2. The fourth-order valence-corrected chi connectivity index (χ4v) is 4.59. The number of rotatable bonds is 2. The average molecular weight is 448 g/mol. The molecule has 32 heavy (non-hydrogen) atoms. The van der Waals surface area contributed by atoms with Gasteiger partial charge in [-0.1, -0.05) is 6.07 Å². The number of benzene rings is 2. The highest BCUT2D eigenvalue weighted by atomic mass is 19.4. The molecule has 4 rings (SSSR count). The molecular formula is C24H24F4N2O2. The number of halogens is 4. The number of anilines is 1. The van der Waals surface area contributed by atoms with Gasteiger partial charge in [-0.15, -0.1) is 0 Å². The first kappa shape index (κ1) is 22.3. The molecule has 0 bridgehead atoms. The van der Waals surface area contributed by atoms with Crippen molar-refractivity contribution in [3.63, 3.8) is 0 Å². The van der Waals surface area contributed by atoms with Crippen molar-refractivity contribution in [1.29, 1.82) is 0 Å². The van der Waals surface area contributed by atoms with Gasteiger partial charge in [0.2, 0.25) is 5.91 Å². The van der Waals surface area contributed by atoms with Crippen LogP contribution in [-0.2, 0) is 17.4 Å². The highest BCUT2D eigenvalue weighted by molar-refractivity contribution is 5.97. The van der Waals surface area contributed by atoms with Crippen molar-refractivity contribution >= 4 is 17.5 Å². The van der Waals surface area contributed by atoms with Crippen LogP contribution in [-0.4, -0.2) is 36.3 Å². The van der Waals surface area contributed by atoms with Crippen molar-refractivity contribution in [1.82, 2.24) is 4.90 Å². The molecule has 8 heteroatoms. The second-order valence-corrected chi connectivity index (χ2v) is 8.49. The lowest BCUT2D eigenvalue weighted by atomic mass is 9.92. The summed E-state index contributed by atoms with van der Waals surface area (Å²) in [5.41, 5.74) is 1.42. The minimum Gasteiger partial charge on any atom is -0.339 e. The van der Waals surface area contributed by atoms with E-state index in [1.165, 1.54) is 18.2 Å². The van der Waals surface area contributed by atoms with E-state index < -0.39 is 11.7 Å². The molecule has 0 unspecified atom stereocenters. The van der Waals surface area contributed by atoms with Crippen LogP contribution in [0.3, 0.4) is 0 Å². The van der Waals surface area contributed by atoms with Crippen LogP contribution in [0.2, 0.25) is 0 Å². The molecule has 2 heterocycles. The Morgan fingerprint density at radius 1 is 1.00 bits per heavy atom. The van der Waals surface area contributed by atoms with Crippen molar-refractivity contribution in [3.8, 4) is 0 Å². The Bertz CT molecular complexity index is 1030. The van der Waals surface area contributed by atoms with Crippen molar-refractivity contribution < 1.29 is 27.2 Å². The van der Waals surface area contributed by atoms with Crippen molar-refractivity contribution in [2.75, 3.05) is 24.5 Å². The molecule has 1 saturated heterocycles. The molecule has 0 spiro atoms. The summed E-state index contributed by atoms with van der Waals surface area (Å²) in [6.07, 6.45) is -2.08. The topological polar surface area (TPSA) is 40.6 Å². The van der Waals surface area contributed by atoms with Crippen molar-refractivity contribution in [3.05, 3.63) is 64.5 Å². The number of carbonyl (C=O) groups is 2.